The largest absolute Gasteiger partial charge is 0.494 e. The van der Waals surface area contributed by atoms with Crippen molar-refractivity contribution < 1.29 is 27.0 Å². The summed E-state index contributed by atoms with van der Waals surface area (Å²) in [7, 11) is -2.40. The zero-order chi connectivity index (χ0) is 17.4. The summed E-state index contributed by atoms with van der Waals surface area (Å²) in [5, 5.41) is 0. The third-order valence-corrected chi connectivity index (χ3v) is 6.33. The molecule has 1 atom stereocenters. The molecule has 2 saturated heterocycles. The van der Waals surface area contributed by atoms with Gasteiger partial charge in [-0.2, -0.15) is 4.31 Å². The van der Waals surface area contributed by atoms with Crippen LogP contribution in [0.2, 0.25) is 0 Å². The average molecular weight is 359 g/mol. The molecule has 0 bridgehead atoms. The highest BCUT2D eigenvalue weighted by Gasteiger charge is 2.52. The molecular formula is C16H22FNO5S. The van der Waals surface area contributed by atoms with E-state index in [2.05, 4.69) is 0 Å². The summed E-state index contributed by atoms with van der Waals surface area (Å²) in [4.78, 5) is -0.0761. The van der Waals surface area contributed by atoms with E-state index < -0.39 is 21.4 Å². The van der Waals surface area contributed by atoms with Gasteiger partial charge in [-0.15, -0.1) is 0 Å². The molecule has 6 nitrogen and oxygen atoms in total. The van der Waals surface area contributed by atoms with Crippen molar-refractivity contribution in [3.63, 3.8) is 0 Å². The fraction of sp³-hybridized carbons (Fsp3) is 0.625. The molecule has 2 aliphatic rings. The summed E-state index contributed by atoms with van der Waals surface area (Å²) in [6.45, 7) is 3.68. The van der Waals surface area contributed by atoms with Crippen LogP contribution in [0.3, 0.4) is 0 Å². The van der Waals surface area contributed by atoms with Gasteiger partial charge >= 0.3 is 0 Å². The minimum absolute atomic E-state index is 0.0178. The second-order valence-electron chi connectivity index (χ2n) is 6.17. The Morgan fingerprint density at radius 1 is 1.42 bits per heavy atom. The Kier molecular flexibility index (Phi) is 4.83. The maximum Gasteiger partial charge on any atom is 0.243 e. The first-order chi connectivity index (χ1) is 11.4. The number of sulfonamides is 1. The van der Waals surface area contributed by atoms with Crippen molar-refractivity contribution in [2.45, 2.75) is 36.4 Å². The fourth-order valence-corrected chi connectivity index (χ4v) is 4.91. The predicted molar refractivity (Wildman–Crippen MR) is 85.0 cm³/mol. The van der Waals surface area contributed by atoms with Crippen molar-refractivity contribution in [3.05, 3.63) is 24.0 Å². The monoisotopic (exact) mass is 359 g/mol. The Morgan fingerprint density at radius 3 is 2.79 bits per heavy atom. The van der Waals surface area contributed by atoms with Crippen molar-refractivity contribution >= 4 is 10.0 Å². The summed E-state index contributed by atoms with van der Waals surface area (Å²) >= 11 is 0. The van der Waals surface area contributed by atoms with Crippen LogP contribution in [0, 0.1) is 5.82 Å². The van der Waals surface area contributed by atoms with Gasteiger partial charge in [0.1, 0.15) is 0 Å². The minimum atomic E-state index is -3.74. The number of rotatable bonds is 5. The molecule has 8 heteroatoms. The van der Waals surface area contributed by atoms with Crippen LogP contribution in [-0.2, 0) is 19.5 Å². The predicted octanol–water partition coefficient (Wildman–Crippen LogP) is 1.79. The number of benzene rings is 1. The molecule has 2 fully saturated rings. The van der Waals surface area contributed by atoms with E-state index in [4.69, 9.17) is 14.2 Å². The molecule has 3 rings (SSSR count). The summed E-state index contributed by atoms with van der Waals surface area (Å²) in [6, 6.07) is 3.66. The maximum atomic E-state index is 13.8. The van der Waals surface area contributed by atoms with Gasteiger partial charge in [0.15, 0.2) is 11.6 Å². The normalized spacial score (nSPS) is 23.9. The third-order valence-electron chi connectivity index (χ3n) is 4.54. The number of halogens is 1. The molecule has 0 aliphatic carbocycles. The lowest BCUT2D eigenvalue weighted by Crippen LogP contribution is -2.67. The second-order valence-corrected chi connectivity index (χ2v) is 8.11. The highest BCUT2D eigenvalue weighted by molar-refractivity contribution is 7.89. The van der Waals surface area contributed by atoms with Crippen molar-refractivity contribution in [2.75, 3.05) is 33.4 Å². The first kappa shape index (κ1) is 17.6. The Morgan fingerprint density at radius 2 is 2.17 bits per heavy atom. The van der Waals surface area contributed by atoms with Crippen LogP contribution in [0.5, 0.6) is 5.75 Å². The summed E-state index contributed by atoms with van der Waals surface area (Å²) in [6.07, 6.45) is 1.61. The Balaban J connectivity index is 1.71. The molecule has 0 N–H and O–H groups in total. The lowest BCUT2D eigenvalue weighted by Gasteiger charge is -2.52. The number of ether oxygens (including phenoxy) is 3. The smallest absolute Gasteiger partial charge is 0.243 e. The molecule has 0 radical (unpaired) electrons. The molecule has 2 aliphatic heterocycles. The summed E-state index contributed by atoms with van der Waals surface area (Å²) in [5.74, 6) is -0.677. The van der Waals surface area contributed by atoms with Crippen LogP contribution < -0.4 is 4.74 Å². The van der Waals surface area contributed by atoms with Gasteiger partial charge in [-0.25, -0.2) is 12.8 Å². The highest BCUT2D eigenvalue weighted by atomic mass is 32.2. The lowest BCUT2D eigenvalue weighted by atomic mass is 9.86. The first-order valence-electron chi connectivity index (χ1n) is 7.99. The summed E-state index contributed by atoms with van der Waals surface area (Å²) < 4.78 is 56.7. The van der Waals surface area contributed by atoms with Crippen LogP contribution in [-0.4, -0.2) is 57.8 Å². The van der Waals surface area contributed by atoms with Gasteiger partial charge in [0.05, 0.1) is 23.7 Å². The van der Waals surface area contributed by atoms with Gasteiger partial charge in [-0.3, -0.25) is 0 Å². The van der Waals surface area contributed by atoms with E-state index in [9.17, 15) is 12.8 Å². The molecule has 134 valence electrons. The van der Waals surface area contributed by atoms with Crippen molar-refractivity contribution in [1.29, 1.82) is 0 Å². The molecule has 1 aromatic carbocycles. The minimum Gasteiger partial charge on any atom is -0.494 e. The van der Waals surface area contributed by atoms with E-state index in [1.807, 2.05) is 6.92 Å². The van der Waals surface area contributed by atoms with E-state index in [0.717, 1.165) is 12.5 Å². The van der Waals surface area contributed by atoms with Gasteiger partial charge in [-0.1, -0.05) is 0 Å². The van der Waals surface area contributed by atoms with E-state index >= 15 is 0 Å². The average Bonchev–Trinajstić information content (AvgIpc) is 2.53. The van der Waals surface area contributed by atoms with Crippen molar-refractivity contribution in [1.82, 2.24) is 4.31 Å². The van der Waals surface area contributed by atoms with Crippen LogP contribution in [0.1, 0.15) is 19.8 Å². The molecule has 24 heavy (non-hydrogen) atoms. The number of methoxy groups -OCH3 is 1. The van der Waals surface area contributed by atoms with Crippen molar-refractivity contribution in [3.8, 4) is 5.75 Å². The van der Waals surface area contributed by atoms with Crippen LogP contribution in [0.15, 0.2) is 23.1 Å². The number of hydrogen-bond donors (Lipinski definition) is 0. The lowest BCUT2D eigenvalue weighted by molar-refractivity contribution is -0.177. The Labute approximate surface area is 141 Å². The van der Waals surface area contributed by atoms with Gasteiger partial charge < -0.3 is 14.2 Å². The summed E-state index contributed by atoms with van der Waals surface area (Å²) in [5.41, 5.74) is -0.476. The zero-order valence-corrected chi connectivity index (χ0v) is 14.6. The molecule has 1 unspecified atom stereocenters. The molecular weight excluding hydrogens is 337 g/mol. The molecule has 0 aromatic heterocycles. The van der Waals surface area contributed by atoms with Crippen molar-refractivity contribution in [2.24, 2.45) is 0 Å². The fourth-order valence-electron chi connectivity index (χ4n) is 3.30. The first-order valence-corrected chi connectivity index (χ1v) is 9.43. The van der Waals surface area contributed by atoms with Gasteiger partial charge in [0.25, 0.3) is 0 Å². The van der Waals surface area contributed by atoms with E-state index in [-0.39, 0.29) is 29.8 Å². The van der Waals surface area contributed by atoms with E-state index in [1.165, 1.54) is 23.5 Å². The molecule has 0 saturated carbocycles. The van der Waals surface area contributed by atoms with Gasteiger partial charge in [0, 0.05) is 32.7 Å². The number of hydrogen-bond acceptors (Lipinski definition) is 5. The van der Waals surface area contributed by atoms with Gasteiger partial charge in [0.2, 0.25) is 10.0 Å². The van der Waals surface area contributed by atoms with Crippen LogP contribution in [0.25, 0.3) is 0 Å². The van der Waals surface area contributed by atoms with E-state index in [0.29, 0.717) is 19.6 Å². The molecule has 1 spiro atoms. The standard InChI is InChI=1S/C16H22FNO5S/c1-3-22-12-6-7-23-16(9-12)10-18(11-16)24(19,20)13-4-5-15(21-2)14(17)8-13/h4-5,8,12H,3,6-7,9-11H2,1-2H3. The SMILES string of the molecule is CCOC1CCOC2(C1)CN(S(=O)(=O)c1ccc(OC)c(F)c1)C2. The Bertz CT molecular complexity index is 700. The molecule has 1 aromatic rings. The van der Waals surface area contributed by atoms with Crippen LogP contribution >= 0.6 is 0 Å². The van der Waals surface area contributed by atoms with E-state index in [1.54, 1.807) is 0 Å². The maximum absolute atomic E-state index is 13.8. The number of nitrogens with zero attached hydrogens (tertiary/aromatic N) is 1. The second kappa shape index (κ2) is 6.59. The van der Waals surface area contributed by atoms with Gasteiger partial charge in [-0.05, 0) is 31.5 Å². The third kappa shape index (κ3) is 3.15. The zero-order valence-electron chi connectivity index (χ0n) is 13.8. The van der Waals surface area contributed by atoms with Crippen LogP contribution in [0.4, 0.5) is 4.39 Å². The highest BCUT2D eigenvalue weighted by Crippen LogP contribution is 2.38. The topological polar surface area (TPSA) is 65.1 Å². The Hall–Kier alpha value is -1.22. The molecule has 0 amide bonds. The molecule has 2 heterocycles. The quantitative estimate of drug-likeness (QED) is 0.802.